The third-order valence-corrected chi connectivity index (χ3v) is 7.05. The highest BCUT2D eigenvalue weighted by atomic mass is 35.5. The Kier molecular flexibility index (Phi) is 5.98. The van der Waals surface area contributed by atoms with Crippen LogP contribution in [0.2, 0.25) is 5.02 Å². The van der Waals surface area contributed by atoms with E-state index in [0.29, 0.717) is 22.6 Å². The Morgan fingerprint density at radius 1 is 0.968 bits per heavy atom. The number of aliphatic hydroxyl groups excluding tert-OH is 4. The van der Waals surface area contributed by atoms with Gasteiger partial charge in [-0.25, -0.2) is 0 Å². The molecule has 2 aliphatic carbocycles. The first-order chi connectivity index (χ1) is 14.7. The maximum Gasteiger partial charge on any atom is 0.151 e. The van der Waals surface area contributed by atoms with Gasteiger partial charge in [-0.15, -0.1) is 0 Å². The Hall–Kier alpha value is -1.80. The van der Waals surface area contributed by atoms with Crippen LogP contribution in [0.4, 0.5) is 0 Å². The average Bonchev–Trinajstić information content (AvgIpc) is 3.59. The van der Waals surface area contributed by atoms with Crippen LogP contribution in [0.25, 0.3) is 0 Å². The van der Waals surface area contributed by atoms with Crippen LogP contribution >= 0.6 is 11.6 Å². The van der Waals surface area contributed by atoms with Crippen molar-refractivity contribution in [3.05, 3.63) is 69.7 Å². The number of Topliss-reactive ketones (excluding diaryl/α,β-unsaturated/α-hetero) is 1. The average molecular weight is 447 g/mol. The summed E-state index contributed by atoms with van der Waals surface area (Å²) >= 11 is 6.41. The lowest BCUT2D eigenvalue weighted by Gasteiger charge is -2.39. The molecule has 6 unspecified atom stereocenters. The van der Waals surface area contributed by atoms with E-state index in [9.17, 15) is 30.3 Å². The van der Waals surface area contributed by atoms with Gasteiger partial charge >= 0.3 is 0 Å². The molecular formula is C24H27ClO6. The molecule has 0 spiro atoms. The zero-order chi connectivity index (χ0) is 22.5. The summed E-state index contributed by atoms with van der Waals surface area (Å²) < 4.78 is 0. The summed E-state index contributed by atoms with van der Waals surface area (Å²) in [5, 5.41) is 51.9. The van der Waals surface area contributed by atoms with E-state index in [0.717, 1.165) is 0 Å². The van der Waals surface area contributed by atoms with Crippen LogP contribution < -0.4 is 0 Å². The second kappa shape index (κ2) is 8.28. The van der Waals surface area contributed by atoms with Gasteiger partial charge in [0.2, 0.25) is 0 Å². The number of hydrogen-bond acceptors (Lipinski definition) is 6. The van der Waals surface area contributed by atoms with E-state index in [1.807, 2.05) is 24.3 Å². The molecule has 2 fully saturated rings. The van der Waals surface area contributed by atoms with Crippen molar-refractivity contribution in [3.63, 3.8) is 0 Å². The molecule has 0 amide bonds. The first-order valence-corrected chi connectivity index (χ1v) is 10.9. The molecule has 7 heteroatoms. The van der Waals surface area contributed by atoms with Crippen molar-refractivity contribution in [2.45, 2.75) is 55.5 Å². The van der Waals surface area contributed by atoms with Gasteiger partial charge in [0.1, 0.15) is 11.7 Å². The molecule has 6 nitrogen and oxygen atoms in total. The molecule has 2 aromatic rings. The largest absolute Gasteiger partial charge is 0.396 e. The third-order valence-electron chi connectivity index (χ3n) is 6.72. The van der Waals surface area contributed by atoms with Gasteiger partial charge in [-0.3, -0.25) is 4.79 Å². The van der Waals surface area contributed by atoms with E-state index >= 15 is 0 Å². The fraction of sp³-hybridized carbons (Fsp3) is 0.458. The molecule has 2 aromatic carbocycles. The molecule has 31 heavy (non-hydrogen) atoms. The molecule has 4 rings (SSSR count). The summed E-state index contributed by atoms with van der Waals surface area (Å²) in [6.07, 6.45) is -2.34. The highest BCUT2D eigenvalue weighted by molar-refractivity contribution is 6.31. The predicted octanol–water partition coefficient (Wildman–Crippen LogP) is 1.83. The molecule has 2 aliphatic rings. The Labute approximate surface area is 185 Å². The summed E-state index contributed by atoms with van der Waals surface area (Å²) in [6.45, 7) is 0.962. The summed E-state index contributed by atoms with van der Waals surface area (Å²) in [6, 6.07) is 12.3. The summed E-state index contributed by atoms with van der Waals surface area (Å²) in [4.78, 5) is 12.9. The zero-order valence-corrected chi connectivity index (χ0v) is 17.9. The molecule has 166 valence electrons. The van der Waals surface area contributed by atoms with Crippen molar-refractivity contribution < 1.29 is 30.3 Å². The maximum atomic E-state index is 12.9. The first kappa shape index (κ1) is 22.4. The van der Waals surface area contributed by atoms with Crippen LogP contribution in [0.5, 0.6) is 0 Å². The van der Waals surface area contributed by atoms with Crippen LogP contribution in [0.1, 0.15) is 53.9 Å². The van der Waals surface area contributed by atoms with Crippen molar-refractivity contribution in [1.29, 1.82) is 0 Å². The van der Waals surface area contributed by atoms with Gasteiger partial charge in [-0.1, -0.05) is 48.0 Å². The van der Waals surface area contributed by atoms with Gasteiger partial charge in [0, 0.05) is 10.6 Å². The Morgan fingerprint density at radius 2 is 1.58 bits per heavy atom. The lowest BCUT2D eigenvalue weighted by Crippen LogP contribution is -2.56. The van der Waals surface area contributed by atoms with Crippen LogP contribution in [0, 0.1) is 5.92 Å². The van der Waals surface area contributed by atoms with E-state index < -0.39 is 48.1 Å². The number of carbonyl (C=O) groups is 1. The van der Waals surface area contributed by atoms with Crippen molar-refractivity contribution >= 4 is 17.4 Å². The maximum absolute atomic E-state index is 12.9. The second-order valence-corrected chi connectivity index (χ2v) is 9.26. The highest BCUT2D eigenvalue weighted by Crippen LogP contribution is 2.42. The molecule has 6 atom stereocenters. The fourth-order valence-corrected chi connectivity index (χ4v) is 4.83. The number of ketones is 1. The van der Waals surface area contributed by atoms with Crippen molar-refractivity contribution in [2.75, 3.05) is 6.61 Å². The molecule has 5 N–H and O–H groups in total. The smallest absolute Gasteiger partial charge is 0.151 e. The van der Waals surface area contributed by atoms with E-state index in [1.165, 1.54) is 24.5 Å². The number of hydrogen-bond donors (Lipinski definition) is 5. The van der Waals surface area contributed by atoms with Crippen LogP contribution in [-0.2, 0) is 10.4 Å². The van der Waals surface area contributed by atoms with Crippen molar-refractivity contribution in [3.8, 4) is 0 Å². The van der Waals surface area contributed by atoms with E-state index in [2.05, 4.69) is 0 Å². The first-order valence-electron chi connectivity index (χ1n) is 10.5. The van der Waals surface area contributed by atoms with Gasteiger partial charge in [-0.2, -0.15) is 0 Å². The van der Waals surface area contributed by atoms with Crippen LogP contribution in [-0.4, -0.2) is 56.2 Å². The summed E-state index contributed by atoms with van der Waals surface area (Å²) in [5.74, 6) is -2.36. The quantitative estimate of drug-likeness (QED) is 0.478. The molecule has 0 aliphatic heterocycles. The lowest BCUT2D eigenvalue weighted by molar-refractivity contribution is -0.158. The normalized spacial score (nSPS) is 30.8. The summed E-state index contributed by atoms with van der Waals surface area (Å²) in [7, 11) is 0. The standard InChI is InChI=1S/C24H27ClO6/c1-24(31,15-7-4-13(5-8-15)12-2-3-12)17-10-14(6-9-18(17)25)19-20(27)16(11-26)21(28)23(30)22(19)29/h4-10,12,16,19,21-23,26,28-31H,2-3,11H2,1H3. The second-order valence-electron chi connectivity index (χ2n) is 8.85. The van der Waals surface area contributed by atoms with E-state index in [1.54, 1.807) is 19.1 Å². The van der Waals surface area contributed by atoms with Gasteiger partial charge in [0.25, 0.3) is 0 Å². The van der Waals surface area contributed by atoms with Gasteiger partial charge in [0.05, 0.1) is 30.7 Å². The minimum absolute atomic E-state index is 0.289. The summed E-state index contributed by atoms with van der Waals surface area (Å²) in [5.41, 5.74) is 1.10. The number of halogens is 1. The van der Waals surface area contributed by atoms with Crippen LogP contribution in [0.3, 0.4) is 0 Å². The molecule has 0 saturated heterocycles. The number of carbonyl (C=O) groups excluding carboxylic acids is 1. The number of rotatable bonds is 5. The minimum atomic E-state index is -1.59. The molecule has 0 bridgehead atoms. The minimum Gasteiger partial charge on any atom is -0.396 e. The van der Waals surface area contributed by atoms with E-state index in [-0.39, 0.29) is 5.02 Å². The topological polar surface area (TPSA) is 118 Å². The Morgan fingerprint density at radius 3 is 2.16 bits per heavy atom. The highest BCUT2D eigenvalue weighted by Gasteiger charge is 2.49. The predicted molar refractivity (Wildman–Crippen MR) is 115 cm³/mol. The SMILES string of the molecule is CC(O)(c1ccc(C2CC2)cc1)c1cc(C2C(=O)C(CO)C(O)C(O)C2O)ccc1Cl. The van der Waals surface area contributed by atoms with Crippen molar-refractivity contribution in [1.82, 2.24) is 0 Å². The lowest BCUT2D eigenvalue weighted by atomic mass is 9.71. The molecule has 0 aromatic heterocycles. The van der Waals surface area contributed by atoms with E-state index in [4.69, 9.17) is 11.6 Å². The molecule has 0 radical (unpaired) electrons. The van der Waals surface area contributed by atoms with Crippen molar-refractivity contribution in [2.24, 2.45) is 5.92 Å². The number of benzene rings is 2. The van der Waals surface area contributed by atoms with Gasteiger partial charge in [-0.05, 0) is 48.4 Å². The zero-order valence-electron chi connectivity index (χ0n) is 17.1. The third kappa shape index (κ3) is 3.93. The molecule has 2 saturated carbocycles. The Balaban J connectivity index is 1.71. The van der Waals surface area contributed by atoms with Gasteiger partial charge in [0.15, 0.2) is 5.78 Å². The number of aliphatic hydroxyl groups is 5. The monoisotopic (exact) mass is 446 g/mol. The van der Waals surface area contributed by atoms with Crippen LogP contribution in [0.15, 0.2) is 42.5 Å². The fourth-order valence-electron chi connectivity index (χ4n) is 4.53. The van der Waals surface area contributed by atoms with Gasteiger partial charge < -0.3 is 25.5 Å². The Bertz CT molecular complexity index is 969. The molecular weight excluding hydrogens is 420 g/mol. The molecule has 0 heterocycles.